The lowest BCUT2D eigenvalue weighted by atomic mass is 10.1. The highest BCUT2D eigenvalue weighted by atomic mass is 19.3. The van der Waals surface area contributed by atoms with E-state index < -0.39 is 12.5 Å². The highest BCUT2D eigenvalue weighted by Gasteiger charge is 2.13. The molecule has 0 aliphatic carbocycles. The lowest BCUT2D eigenvalue weighted by Gasteiger charge is -2.20. The van der Waals surface area contributed by atoms with Gasteiger partial charge in [0.25, 0.3) is 6.43 Å². The van der Waals surface area contributed by atoms with Gasteiger partial charge in [0.1, 0.15) is 0 Å². The van der Waals surface area contributed by atoms with Crippen LogP contribution in [0.5, 0.6) is 0 Å². The fraction of sp³-hybridized carbons (Fsp3) is 0.417. The van der Waals surface area contributed by atoms with Crippen LogP contribution in [0.15, 0.2) is 24.3 Å². The number of likely N-dealkylation sites (N-methyl/N-ethyl adjacent to an activating group) is 1. The van der Waals surface area contributed by atoms with Crippen molar-refractivity contribution >= 4 is 0 Å². The molecular formula is C12H14F2N2O. The Balaban J connectivity index is 2.57. The van der Waals surface area contributed by atoms with E-state index >= 15 is 0 Å². The number of rotatable bonds is 5. The van der Waals surface area contributed by atoms with Crippen LogP contribution in [0.4, 0.5) is 8.78 Å². The van der Waals surface area contributed by atoms with E-state index in [-0.39, 0.29) is 13.1 Å². The van der Waals surface area contributed by atoms with Gasteiger partial charge in [-0.25, -0.2) is 8.78 Å². The van der Waals surface area contributed by atoms with Crippen LogP contribution in [0.25, 0.3) is 0 Å². The number of alkyl halides is 2. The van der Waals surface area contributed by atoms with E-state index in [2.05, 4.69) is 0 Å². The second kappa shape index (κ2) is 6.28. The smallest absolute Gasteiger partial charge is 0.251 e. The molecule has 5 heteroatoms. The van der Waals surface area contributed by atoms with Gasteiger partial charge in [0.2, 0.25) is 0 Å². The van der Waals surface area contributed by atoms with Crippen LogP contribution in [-0.4, -0.2) is 36.6 Å². The molecule has 0 heterocycles. The maximum Gasteiger partial charge on any atom is 0.251 e. The van der Waals surface area contributed by atoms with E-state index in [1.807, 2.05) is 6.07 Å². The molecule has 1 unspecified atom stereocenters. The first-order valence-electron chi connectivity index (χ1n) is 5.17. The first-order chi connectivity index (χ1) is 8.02. The maximum absolute atomic E-state index is 12.1. The number of aliphatic hydroxyl groups is 1. The van der Waals surface area contributed by atoms with Crippen molar-refractivity contribution in [3.63, 3.8) is 0 Å². The molecule has 0 aromatic heterocycles. The summed E-state index contributed by atoms with van der Waals surface area (Å²) in [5, 5.41) is 18.4. The number of halogens is 2. The number of hydrogen-bond acceptors (Lipinski definition) is 3. The molecule has 92 valence electrons. The van der Waals surface area contributed by atoms with Gasteiger partial charge in [-0.15, -0.1) is 0 Å². The summed E-state index contributed by atoms with van der Waals surface area (Å²) < 4.78 is 24.2. The van der Waals surface area contributed by atoms with Gasteiger partial charge in [0, 0.05) is 6.54 Å². The van der Waals surface area contributed by atoms with Crippen LogP contribution in [0.3, 0.4) is 0 Å². The molecule has 3 nitrogen and oxygen atoms in total. The molecule has 1 rings (SSSR count). The normalized spacial score (nSPS) is 12.8. The van der Waals surface area contributed by atoms with Crippen LogP contribution in [0.1, 0.15) is 17.2 Å². The van der Waals surface area contributed by atoms with E-state index in [1.165, 1.54) is 11.9 Å². The zero-order valence-electron chi connectivity index (χ0n) is 9.48. The molecule has 0 saturated carbocycles. The van der Waals surface area contributed by atoms with Crippen molar-refractivity contribution in [1.82, 2.24) is 4.90 Å². The summed E-state index contributed by atoms with van der Waals surface area (Å²) >= 11 is 0. The number of hydrogen-bond donors (Lipinski definition) is 1. The summed E-state index contributed by atoms with van der Waals surface area (Å²) in [7, 11) is 1.53. The monoisotopic (exact) mass is 240 g/mol. The van der Waals surface area contributed by atoms with Crippen molar-refractivity contribution in [3.8, 4) is 6.07 Å². The fourth-order valence-electron chi connectivity index (χ4n) is 1.49. The first kappa shape index (κ1) is 13.6. The Labute approximate surface area is 98.9 Å². The summed E-state index contributed by atoms with van der Waals surface area (Å²) in [5.74, 6) is 0. The quantitative estimate of drug-likeness (QED) is 0.853. The minimum atomic E-state index is -2.41. The summed E-state index contributed by atoms with van der Waals surface area (Å²) in [6.45, 7) is -0.233. The van der Waals surface area contributed by atoms with Gasteiger partial charge in [-0.3, -0.25) is 4.90 Å². The largest absolute Gasteiger partial charge is 0.387 e. The average molecular weight is 240 g/mol. The molecule has 1 atom stereocenters. The molecule has 0 bridgehead atoms. The Kier molecular flexibility index (Phi) is 5.01. The third kappa shape index (κ3) is 4.47. The van der Waals surface area contributed by atoms with Gasteiger partial charge < -0.3 is 5.11 Å². The van der Waals surface area contributed by atoms with E-state index in [9.17, 15) is 13.9 Å². The third-order valence-corrected chi connectivity index (χ3v) is 2.36. The summed E-state index contributed by atoms with van der Waals surface area (Å²) in [4.78, 5) is 1.37. The third-order valence-electron chi connectivity index (χ3n) is 2.36. The highest BCUT2D eigenvalue weighted by molar-refractivity contribution is 5.32. The first-order valence-corrected chi connectivity index (χ1v) is 5.17. The number of nitriles is 1. The van der Waals surface area contributed by atoms with Gasteiger partial charge in [0.15, 0.2) is 0 Å². The fourth-order valence-corrected chi connectivity index (χ4v) is 1.49. The molecule has 0 saturated heterocycles. The lowest BCUT2D eigenvalue weighted by molar-refractivity contribution is 0.0680. The molecule has 0 aliphatic heterocycles. The van der Waals surface area contributed by atoms with Gasteiger partial charge in [-0.2, -0.15) is 5.26 Å². The predicted octanol–water partition coefficient (Wildman–Crippen LogP) is 1.79. The van der Waals surface area contributed by atoms with Crippen molar-refractivity contribution < 1.29 is 13.9 Å². The van der Waals surface area contributed by atoms with Crippen LogP contribution >= 0.6 is 0 Å². The van der Waals surface area contributed by atoms with Crippen molar-refractivity contribution in [2.45, 2.75) is 12.5 Å². The van der Waals surface area contributed by atoms with E-state index in [4.69, 9.17) is 5.26 Å². The second-order valence-corrected chi connectivity index (χ2v) is 3.86. The van der Waals surface area contributed by atoms with E-state index in [0.717, 1.165) is 0 Å². The molecule has 0 radical (unpaired) electrons. The van der Waals surface area contributed by atoms with Gasteiger partial charge >= 0.3 is 0 Å². The second-order valence-electron chi connectivity index (χ2n) is 3.86. The highest BCUT2D eigenvalue weighted by Crippen LogP contribution is 2.14. The van der Waals surface area contributed by atoms with Crippen molar-refractivity contribution in [1.29, 1.82) is 5.26 Å². The maximum atomic E-state index is 12.1. The molecule has 0 spiro atoms. The van der Waals surface area contributed by atoms with Crippen molar-refractivity contribution in [3.05, 3.63) is 35.4 Å². The summed E-state index contributed by atoms with van der Waals surface area (Å²) in [6.07, 6.45) is -3.24. The molecular weight excluding hydrogens is 226 g/mol. The Morgan fingerprint density at radius 3 is 2.35 bits per heavy atom. The van der Waals surface area contributed by atoms with Crippen LogP contribution in [0.2, 0.25) is 0 Å². The Morgan fingerprint density at radius 1 is 1.29 bits per heavy atom. The molecule has 17 heavy (non-hydrogen) atoms. The van der Waals surface area contributed by atoms with Crippen molar-refractivity contribution in [2.24, 2.45) is 0 Å². The minimum Gasteiger partial charge on any atom is -0.387 e. The Hall–Kier alpha value is -1.51. The summed E-state index contributed by atoms with van der Waals surface area (Å²) in [6, 6.07) is 8.40. The standard InChI is InChI=1S/C12H14F2N2O/c1-16(8-12(13)14)7-11(17)10-4-2-9(6-15)3-5-10/h2-5,11-12,17H,7-8H2,1H3. The number of benzene rings is 1. The Bertz CT molecular complexity index is 386. The van der Waals surface area contributed by atoms with Crippen LogP contribution in [-0.2, 0) is 0 Å². The van der Waals surface area contributed by atoms with Gasteiger partial charge in [-0.1, -0.05) is 12.1 Å². The van der Waals surface area contributed by atoms with Gasteiger partial charge in [0.05, 0.1) is 24.3 Å². The predicted molar refractivity (Wildman–Crippen MR) is 59.6 cm³/mol. The lowest BCUT2D eigenvalue weighted by Crippen LogP contribution is -2.29. The molecule has 1 aromatic rings. The number of aliphatic hydroxyl groups excluding tert-OH is 1. The van der Waals surface area contributed by atoms with Crippen LogP contribution in [0, 0.1) is 11.3 Å². The molecule has 1 aromatic carbocycles. The van der Waals surface area contributed by atoms with Gasteiger partial charge in [-0.05, 0) is 24.7 Å². The molecule has 0 aliphatic rings. The zero-order chi connectivity index (χ0) is 12.8. The zero-order valence-corrected chi connectivity index (χ0v) is 9.48. The van der Waals surface area contributed by atoms with Crippen LogP contribution < -0.4 is 0 Å². The molecule has 0 fully saturated rings. The minimum absolute atomic E-state index is 0.135. The molecule has 0 amide bonds. The average Bonchev–Trinajstić information content (AvgIpc) is 2.28. The molecule has 1 N–H and O–H groups in total. The van der Waals surface area contributed by atoms with E-state index in [0.29, 0.717) is 11.1 Å². The summed E-state index contributed by atoms with van der Waals surface area (Å²) in [5.41, 5.74) is 1.12. The SMILES string of the molecule is CN(CC(F)F)CC(O)c1ccc(C#N)cc1. The van der Waals surface area contributed by atoms with Crippen molar-refractivity contribution in [2.75, 3.05) is 20.1 Å². The number of nitrogens with zero attached hydrogens (tertiary/aromatic N) is 2. The van der Waals surface area contributed by atoms with E-state index in [1.54, 1.807) is 24.3 Å². The topological polar surface area (TPSA) is 47.3 Å². The Morgan fingerprint density at radius 2 is 1.88 bits per heavy atom.